The van der Waals surface area contributed by atoms with Gasteiger partial charge in [-0.2, -0.15) is 0 Å². The Balaban J connectivity index is 1.60. The third-order valence-corrected chi connectivity index (χ3v) is 6.09. The predicted octanol–water partition coefficient (Wildman–Crippen LogP) is 6.18. The van der Waals surface area contributed by atoms with Crippen molar-refractivity contribution in [3.8, 4) is 11.3 Å². The van der Waals surface area contributed by atoms with Gasteiger partial charge in [-0.1, -0.05) is 17.7 Å². The Morgan fingerprint density at radius 3 is 2.58 bits per heavy atom. The zero-order valence-electron chi connectivity index (χ0n) is 16.5. The minimum Gasteiger partial charge on any atom is -0.457 e. The Morgan fingerprint density at radius 1 is 1.13 bits per heavy atom. The van der Waals surface area contributed by atoms with E-state index in [2.05, 4.69) is 0 Å². The average Bonchev–Trinajstić information content (AvgIpc) is 3.28. The summed E-state index contributed by atoms with van der Waals surface area (Å²) in [5.74, 6) is 0.588. The number of thioether (sulfide) groups is 1. The van der Waals surface area contributed by atoms with Gasteiger partial charge in [0, 0.05) is 17.7 Å². The minimum absolute atomic E-state index is 0.0119. The molecule has 0 atom stereocenters. The lowest BCUT2D eigenvalue weighted by Gasteiger charge is -2.15. The van der Waals surface area contributed by atoms with E-state index in [1.165, 1.54) is 17.0 Å². The Labute approximate surface area is 187 Å². The summed E-state index contributed by atoms with van der Waals surface area (Å²) in [5.41, 5.74) is 3.19. The number of nitro benzene ring substituents is 1. The van der Waals surface area contributed by atoms with Crippen LogP contribution in [-0.4, -0.2) is 16.0 Å². The van der Waals surface area contributed by atoms with Gasteiger partial charge in [-0.25, -0.2) is 0 Å². The van der Waals surface area contributed by atoms with Crippen molar-refractivity contribution in [3.63, 3.8) is 0 Å². The van der Waals surface area contributed by atoms with E-state index in [-0.39, 0.29) is 21.8 Å². The van der Waals surface area contributed by atoms with Crippen molar-refractivity contribution in [2.24, 2.45) is 0 Å². The Bertz CT molecular complexity index is 1280. The monoisotopic (exact) mass is 453 g/mol. The van der Waals surface area contributed by atoms with Crippen molar-refractivity contribution in [2.75, 3.05) is 4.90 Å². The first-order valence-corrected chi connectivity index (χ1v) is 10.4. The SMILES string of the molecule is Cc1ccc(N2C(=N)S/C(=C\c3ccc(-c4ccc([N+](=O)[O-])c(Cl)c4)o3)C2=O)cc1C. The number of amidine groups is 1. The zero-order chi connectivity index (χ0) is 22.3. The van der Waals surface area contributed by atoms with Gasteiger partial charge in [0.2, 0.25) is 0 Å². The molecule has 3 aromatic rings. The highest BCUT2D eigenvalue weighted by Gasteiger charge is 2.34. The molecule has 0 aliphatic carbocycles. The van der Waals surface area contributed by atoms with Crippen LogP contribution >= 0.6 is 23.4 Å². The third-order valence-electron chi connectivity index (χ3n) is 4.90. The molecule has 0 bridgehead atoms. The smallest absolute Gasteiger partial charge is 0.287 e. The van der Waals surface area contributed by atoms with E-state index in [4.69, 9.17) is 21.4 Å². The molecule has 1 aromatic heterocycles. The summed E-state index contributed by atoms with van der Waals surface area (Å²) in [6.45, 7) is 3.95. The van der Waals surface area contributed by atoms with E-state index in [1.54, 1.807) is 24.3 Å². The Morgan fingerprint density at radius 2 is 1.90 bits per heavy atom. The second-order valence-electron chi connectivity index (χ2n) is 6.95. The lowest BCUT2D eigenvalue weighted by atomic mass is 10.1. The van der Waals surface area contributed by atoms with E-state index in [1.807, 2.05) is 32.0 Å². The molecule has 156 valence electrons. The fourth-order valence-electron chi connectivity index (χ4n) is 3.11. The van der Waals surface area contributed by atoms with Crippen LogP contribution in [0, 0.1) is 29.4 Å². The molecule has 2 aromatic carbocycles. The number of anilines is 1. The molecule has 1 amide bonds. The molecule has 0 spiro atoms. The average molecular weight is 454 g/mol. The van der Waals surface area contributed by atoms with E-state index in [9.17, 15) is 14.9 Å². The third kappa shape index (κ3) is 3.99. The second kappa shape index (κ2) is 8.05. The van der Waals surface area contributed by atoms with Crippen LogP contribution in [0.5, 0.6) is 0 Å². The number of nitro groups is 1. The fraction of sp³-hybridized carbons (Fsp3) is 0.0909. The summed E-state index contributed by atoms with van der Waals surface area (Å²) in [7, 11) is 0. The van der Waals surface area contributed by atoms with Crippen molar-refractivity contribution in [3.05, 3.63) is 85.5 Å². The molecule has 7 nitrogen and oxygen atoms in total. The number of carbonyl (C=O) groups excluding carboxylic acids is 1. The Hall–Kier alpha value is -3.36. The quantitative estimate of drug-likeness (QED) is 0.288. The molecular weight excluding hydrogens is 438 g/mol. The highest BCUT2D eigenvalue weighted by Crippen LogP contribution is 2.37. The first-order chi connectivity index (χ1) is 14.7. The van der Waals surface area contributed by atoms with Crippen molar-refractivity contribution in [2.45, 2.75) is 13.8 Å². The van der Waals surface area contributed by atoms with E-state index in [0.717, 1.165) is 22.9 Å². The van der Waals surface area contributed by atoms with E-state index < -0.39 is 4.92 Å². The number of nitrogens with one attached hydrogen (secondary N) is 1. The number of hydrogen-bond donors (Lipinski definition) is 1. The first kappa shape index (κ1) is 20.9. The van der Waals surface area contributed by atoms with Gasteiger partial charge in [0.25, 0.3) is 11.6 Å². The molecule has 4 rings (SSSR count). The number of amides is 1. The molecule has 1 fully saturated rings. The van der Waals surface area contributed by atoms with Crippen molar-refractivity contribution < 1.29 is 14.1 Å². The minimum atomic E-state index is -0.552. The number of rotatable bonds is 4. The zero-order valence-corrected chi connectivity index (χ0v) is 18.1. The molecule has 31 heavy (non-hydrogen) atoms. The summed E-state index contributed by atoms with van der Waals surface area (Å²) in [5, 5.41) is 19.3. The number of nitrogens with zero attached hydrogens (tertiary/aromatic N) is 2. The largest absolute Gasteiger partial charge is 0.457 e. The molecule has 0 radical (unpaired) electrons. The van der Waals surface area contributed by atoms with Crippen LogP contribution in [0.4, 0.5) is 11.4 Å². The van der Waals surface area contributed by atoms with E-state index >= 15 is 0 Å². The molecule has 1 saturated heterocycles. The maximum absolute atomic E-state index is 12.9. The molecule has 1 aliphatic rings. The summed E-state index contributed by atoms with van der Waals surface area (Å²) in [6, 6.07) is 13.3. The number of hydrogen-bond acceptors (Lipinski definition) is 6. The highest BCUT2D eigenvalue weighted by atomic mass is 35.5. The van der Waals surface area contributed by atoms with Crippen LogP contribution in [0.2, 0.25) is 5.02 Å². The molecule has 0 unspecified atom stereocenters. The van der Waals surface area contributed by atoms with Crippen LogP contribution in [0.1, 0.15) is 16.9 Å². The summed E-state index contributed by atoms with van der Waals surface area (Å²) in [6.07, 6.45) is 1.58. The highest BCUT2D eigenvalue weighted by molar-refractivity contribution is 8.19. The molecular formula is C22H16ClN3O4S. The topological polar surface area (TPSA) is 100 Å². The normalized spacial score (nSPS) is 15.2. The number of halogens is 1. The number of aryl methyl sites for hydroxylation is 2. The van der Waals surface area contributed by atoms with Gasteiger partial charge in [0.05, 0.1) is 15.5 Å². The van der Waals surface area contributed by atoms with Crippen LogP contribution in [0.3, 0.4) is 0 Å². The standard InChI is InChI=1S/C22H16ClN3O4S/c1-12-3-5-15(9-13(12)2)25-21(27)20(31-22(25)24)11-16-6-8-19(30-16)14-4-7-18(26(28)29)17(23)10-14/h3-11,24H,1-2H3/b20-11-,24-22?. The van der Waals surface area contributed by atoms with Crippen LogP contribution in [0.25, 0.3) is 17.4 Å². The predicted molar refractivity (Wildman–Crippen MR) is 123 cm³/mol. The number of carbonyl (C=O) groups is 1. The van der Waals surface area contributed by atoms with Crippen molar-refractivity contribution in [1.82, 2.24) is 0 Å². The summed E-state index contributed by atoms with van der Waals surface area (Å²) in [4.78, 5) is 25.0. The molecule has 1 aliphatic heterocycles. The summed E-state index contributed by atoms with van der Waals surface area (Å²) >= 11 is 7.04. The Kier molecular flexibility index (Phi) is 5.43. The van der Waals surface area contributed by atoms with Gasteiger partial charge < -0.3 is 4.42 Å². The van der Waals surface area contributed by atoms with Gasteiger partial charge in [0.15, 0.2) is 5.17 Å². The second-order valence-corrected chi connectivity index (χ2v) is 8.39. The van der Waals surface area contributed by atoms with Gasteiger partial charge in [-0.05, 0) is 73.1 Å². The maximum atomic E-state index is 12.9. The van der Waals surface area contributed by atoms with Crippen molar-refractivity contribution in [1.29, 1.82) is 5.41 Å². The summed E-state index contributed by atoms with van der Waals surface area (Å²) < 4.78 is 5.79. The lowest BCUT2D eigenvalue weighted by Crippen LogP contribution is -2.28. The van der Waals surface area contributed by atoms with Crippen LogP contribution in [-0.2, 0) is 4.79 Å². The van der Waals surface area contributed by atoms with Crippen LogP contribution in [0.15, 0.2) is 57.9 Å². The number of benzene rings is 2. The van der Waals surface area contributed by atoms with Gasteiger partial charge >= 0.3 is 0 Å². The van der Waals surface area contributed by atoms with Crippen LogP contribution < -0.4 is 4.90 Å². The van der Waals surface area contributed by atoms with E-state index in [0.29, 0.717) is 27.7 Å². The molecule has 9 heteroatoms. The van der Waals surface area contributed by atoms with Gasteiger partial charge in [-0.15, -0.1) is 0 Å². The molecule has 2 heterocycles. The lowest BCUT2D eigenvalue weighted by molar-refractivity contribution is -0.384. The fourth-order valence-corrected chi connectivity index (χ4v) is 4.20. The van der Waals surface area contributed by atoms with Crippen molar-refractivity contribution >= 4 is 51.9 Å². The van der Waals surface area contributed by atoms with Gasteiger partial charge in [0.1, 0.15) is 16.5 Å². The first-order valence-electron chi connectivity index (χ1n) is 9.18. The maximum Gasteiger partial charge on any atom is 0.287 e. The van der Waals surface area contributed by atoms with Gasteiger partial charge in [-0.3, -0.25) is 25.2 Å². The molecule has 1 N–H and O–H groups in total. The molecule has 0 saturated carbocycles. The number of furan rings is 1.